The summed E-state index contributed by atoms with van der Waals surface area (Å²) in [5.74, 6) is -0.750. The van der Waals surface area contributed by atoms with Crippen LogP contribution in [0, 0.1) is 6.92 Å². The van der Waals surface area contributed by atoms with E-state index in [1.165, 1.54) is 11.1 Å². The Hall–Kier alpha value is -1.39. The molecule has 3 N–H and O–H groups in total. The van der Waals surface area contributed by atoms with Gasteiger partial charge in [-0.05, 0) is 19.4 Å². The van der Waals surface area contributed by atoms with Gasteiger partial charge >= 0.3 is 5.97 Å². The maximum atomic E-state index is 10.9. The van der Waals surface area contributed by atoms with E-state index in [0.29, 0.717) is 0 Å². The highest BCUT2D eigenvalue weighted by Crippen LogP contribution is 2.23. The number of carbonyl (C=O) groups is 1. The van der Waals surface area contributed by atoms with Crippen molar-refractivity contribution in [2.75, 3.05) is 13.1 Å². The number of carboxylic acid groups (broad SMARTS) is 1. The lowest BCUT2D eigenvalue weighted by Crippen LogP contribution is -2.68. The minimum atomic E-state index is -0.750. The standard InChI is InChI=1S/C14H20N2O2/c1-10-4-3-5-12(6-10)11(2)16-14(7-13(17)18)8-15-9-14/h3-6,11,15-16H,7-9H2,1-2H3,(H,17,18)/t11-/m1/s1. The first kappa shape index (κ1) is 13.1. The molecule has 0 saturated carbocycles. The van der Waals surface area contributed by atoms with Crippen LogP contribution in [0.2, 0.25) is 0 Å². The smallest absolute Gasteiger partial charge is 0.305 e. The summed E-state index contributed by atoms with van der Waals surface area (Å²) in [6.07, 6.45) is 0.163. The second-order valence-corrected chi connectivity index (χ2v) is 5.23. The van der Waals surface area contributed by atoms with Gasteiger partial charge in [-0.3, -0.25) is 4.79 Å². The zero-order chi connectivity index (χ0) is 13.2. The quantitative estimate of drug-likeness (QED) is 0.738. The second kappa shape index (κ2) is 5.08. The molecule has 4 heteroatoms. The van der Waals surface area contributed by atoms with Crippen LogP contribution in [-0.2, 0) is 4.79 Å². The molecule has 18 heavy (non-hydrogen) atoms. The average molecular weight is 248 g/mol. The minimum Gasteiger partial charge on any atom is -0.481 e. The molecule has 0 aliphatic carbocycles. The molecule has 1 fully saturated rings. The summed E-state index contributed by atoms with van der Waals surface area (Å²) in [6.45, 7) is 5.58. The Morgan fingerprint density at radius 1 is 1.56 bits per heavy atom. The predicted molar refractivity (Wildman–Crippen MR) is 70.6 cm³/mol. The van der Waals surface area contributed by atoms with Gasteiger partial charge < -0.3 is 15.7 Å². The van der Waals surface area contributed by atoms with Crippen molar-refractivity contribution in [3.8, 4) is 0 Å². The fourth-order valence-electron chi connectivity index (χ4n) is 2.48. The molecule has 1 aromatic carbocycles. The molecule has 4 nitrogen and oxygen atoms in total. The zero-order valence-corrected chi connectivity index (χ0v) is 10.9. The summed E-state index contributed by atoms with van der Waals surface area (Å²) in [6, 6.07) is 8.47. The summed E-state index contributed by atoms with van der Waals surface area (Å²) in [5, 5.41) is 15.6. The maximum absolute atomic E-state index is 10.9. The van der Waals surface area contributed by atoms with Crippen molar-refractivity contribution < 1.29 is 9.90 Å². The number of aliphatic carboxylic acids is 1. The number of hydrogen-bond acceptors (Lipinski definition) is 3. The summed E-state index contributed by atoms with van der Waals surface area (Å²) >= 11 is 0. The van der Waals surface area contributed by atoms with E-state index in [-0.39, 0.29) is 18.0 Å². The van der Waals surface area contributed by atoms with Crippen LogP contribution in [0.4, 0.5) is 0 Å². The van der Waals surface area contributed by atoms with Crippen molar-refractivity contribution in [1.29, 1.82) is 0 Å². The van der Waals surface area contributed by atoms with Gasteiger partial charge in [0.15, 0.2) is 0 Å². The van der Waals surface area contributed by atoms with Crippen LogP contribution >= 0.6 is 0 Å². The van der Waals surface area contributed by atoms with Gasteiger partial charge in [0.2, 0.25) is 0 Å². The van der Waals surface area contributed by atoms with E-state index < -0.39 is 5.97 Å². The highest BCUT2D eigenvalue weighted by molar-refractivity contribution is 5.68. The Bertz CT molecular complexity index is 441. The lowest BCUT2D eigenvalue weighted by Gasteiger charge is -2.44. The van der Waals surface area contributed by atoms with Gasteiger partial charge in [-0.15, -0.1) is 0 Å². The molecular weight excluding hydrogens is 228 g/mol. The first-order valence-corrected chi connectivity index (χ1v) is 6.28. The van der Waals surface area contributed by atoms with E-state index in [1.807, 2.05) is 6.07 Å². The largest absolute Gasteiger partial charge is 0.481 e. The molecule has 0 bridgehead atoms. The third-order valence-electron chi connectivity index (χ3n) is 3.48. The van der Waals surface area contributed by atoms with Crippen molar-refractivity contribution in [3.05, 3.63) is 35.4 Å². The van der Waals surface area contributed by atoms with Crippen molar-refractivity contribution in [3.63, 3.8) is 0 Å². The molecule has 1 atom stereocenters. The molecule has 0 aromatic heterocycles. The molecule has 0 amide bonds. The highest BCUT2D eigenvalue weighted by Gasteiger charge is 2.39. The maximum Gasteiger partial charge on any atom is 0.305 e. The van der Waals surface area contributed by atoms with E-state index in [4.69, 9.17) is 5.11 Å². The van der Waals surface area contributed by atoms with E-state index in [1.54, 1.807) is 0 Å². The average Bonchev–Trinajstić information content (AvgIpc) is 2.25. The predicted octanol–water partition coefficient (Wildman–Crippen LogP) is 1.46. The van der Waals surface area contributed by atoms with E-state index in [9.17, 15) is 4.79 Å². The monoisotopic (exact) mass is 248 g/mol. The molecule has 0 radical (unpaired) electrons. The third kappa shape index (κ3) is 2.89. The number of nitrogens with one attached hydrogen (secondary N) is 2. The summed E-state index contributed by atoms with van der Waals surface area (Å²) in [4.78, 5) is 10.9. The Kier molecular flexibility index (Phi) is 3.68. The summed E-state index contributed by atoms with van der Waals surface area (Å²) in [5.41, 5.74) is 2.13. The van der Waals surface area contributed by atoms with Crippen molar-refractivity contribution >= 4 is 5.97 Å². The number of aryl methyl sites for hydroxylation is 1. The number of carboxylic acids is 1. The van der Waals surface area contributed by atoms with Crippen LogP contribution in [0.25, 0.3) is 0 Å². The van der Waals surface area contributed by atoms with Gasteiger partial charge in [0.1, 0.15) is 0 Å². The molecule has 1 aliphatic rings. The fraction of sp³-hybridized carbons (Fsp3) is 0.500. The first-order chi connectivity index (χ1) is 8.51. The van der Waals surface area contributed by atoms with E-state index in [0.717, 1.165) is 13.1 Å². The normalized spacial score (nSPS) is 19.0. The number of hydrogen-bond donors (Lipinski definition) is 3. The van der Waals surface area contributed by atoms with Gasteiger partial charge in [-0.2, -0.15) is 0 Å². The Labute approximate surface area is 107 Å². The number of benzene rings is 1. The molecule has 0 unspecified atom stereocenters. The molecule has 2 rings (SSSR count). The van der Waals surface area contributed by atoms with Crippen LogP contribution in [-0.4, -0.2) is 29.7 Å². The fourth-order valence-corrected chi connectivity index (χ4v) is 2.48. The lowest BCUT2D eigenvalue weighted by molar-refractivity contribution is -0.139. The molecule has 1 aliphatic heterocycles. The minimum absolute atomic E-state index is 0.159. The SMILES string of the molecule is Cc1cccc([C@@H](C)NC2(CC(=O)O)CNC2)c1. The molecule has 1 heterocycles. The van der Waals surface area contributed by atoms with Crippen LogP contribution < -0.4 is 10.6 Å². The van der Waals surface area contributed by atoms with Gasteiger partial charge in [-0.1, -0.05) is 29.8 Å². The molecule has 1 aromatic rings. The van der Waals surface area contributed by atoms with Gasteiger partial charge in [-0.25, -0.2) is 0 Å². The first-order valence-electron chi connectivity index (χ1n) is 6.28. The lowest BCUT2D eigenvalue weighted by atomic mass is 9.87. The van der Waals surface area contributed by atoms with E-state index in [2.05, 4.69) is 42.7 Å². The molecular formula is C14H20N2O2. The molecule has 98 valence electrons. The van der Waals surface area contributed by atoms with Crippen molar-refractivity contribution in [2.24, 2.45) is 0 Å². The topological polar surface area (TPSA) is 61.4 Å². The van der Waals surface area contributed by atoms with Gasteiger partial charge in [0.25, 0.3) is 0 Å². The Morgan fingerprint density at radius 3 is 2.78 bits per heavy atom. The van der Waals surface area contributed by atoms with Crippen LogP contribution in [0.15, 0.2) is 24.3 Å². The molecule has 0 spiro atoms. The number of rotatable bonds is 5. The summed E-state index contributed by atoms with van der Waals surface area (Å²) in [7, 11) is 0. The van der Waals surface area contributed by atoms with E-state index >= 15 is 0 Å². The highest BCUT2D eigenvalue weighted by atomic mass is 16.4. The van der Waals surface area contributed by atoms with Crippen LogP contribution in [0.3, 0.4) is 0 Å². The Morgan fingerprint density at radius 2 is 2.28 bits per heavy atom. The van der Waals surface area contributed by atoms with Gasteiger partial charge in [0, 0.05) is 19.1 Å². The van der Waals surface area contributed by atoms with Crippen molar-refractivity contribution in [2.45, 2.75) is 31.8 Å². The molecule has 1 saturated heterocycles. The van der Waals surface area contributed by atoms with Crippen LogP contribution in [0.5, 0.6) is 0 Å². The zero-order valence-electron chi connectivity index (χ0n) is 10.9. The second-order valence-electron chi connectivity index (χ2n) is 5.23. The van der Waals surface area contributed by atoms with Gasteiger partial charge in [0.05, 0.1) is 12.0 Å². The Balaban J connectivity index is 2.06. The summed E-state index contributed by atoms with van der Waals surface area (Å²) < 4.78 is 0. The van der Waals surface area contributed by atoms with Crippen molar-refractivity contribution in [1.82, 2.24) is 10.6 Å². The third-order valence-corrected chi connectivity index (χ3v) is 3.48. The van der Waals surface area contributed by atoms with Crippen LogP contribution in [0.1, 0.15) is 30.5 Å².